The Labute approximate surface area is 416 Å². The van der Waals surface area contributed by atoms with E-state index in [1.165, 1.54) is 25.0 Å². The number of ketones is 1. The number of carbonyl (C=O) groups excluding carboxylic acids is 3. The molecule has 72 heavy (non-hydrogen) atoms. The Kier molecular flexibility index (Phi) is 21.3. The number of nitrogens with two attached hydrogens (primary N) is 1. The number of phosphoric ester groups is 3. The molecule has 3 aromatic rings. The highest BCUT2D eigenvalue weighted by atomic mass is 31.3. The molecule has 2 aromatic heterocycles. The summed E-state index contributed by atoms with van der Waals surface area (Å²) in [5, 5.41) is 35.6. The van der Waals surface area contributed by atoms with Crippen LogP contribution in [0.1, 0.15) is 110 Å². The van der Waals surface area contributed by atoms with Gasteiger partial charge < -0.3 is 74.1 Å². The number of aliphatic hydroxyl groups is 2. The van der Waals surface area contributed by atoms with Crippen LogP contribution in [-0.2, 0) is 68.3 Å². The van der Waals surface area contributed by atoms with Crippen LogP contribution < -0.4 is 35.9 Å². The molecule has 4 rings (SSSR count). The number of aromatic nitrogens is 4. The van der Waals surface area contributed by atoms with Crippen LogP contribution in [0, 0.1) is 16.2 Å². The number of rotatable bonds is 31. The van der Waals surface area contributed by atoms with Crippen LogP contribution in [0.3, 0.4) is 0 Å². The van der Waals surface area contributed by atoms with Crippen molar-refractivity contribution >= 4 is 64.0 Å². The number of amides is 2. The van der Waals surface area contributed by atoms with E-state index in [2.05, 4.69) is 61.7 Å². The Morgan fingerprint density at radius 3 is 2.08 bits per heavy atom. The first-order chi connectivity index (χ1) is 33.3. The summed E-state index contributed by atoms with van der Waals surface area (Å²) in [6.07, 6.45) is -2.15. The van der Waals surface area contributed by atoms with Gasteiger partial charge in [-0.15, -0.1) is 0 Å². The molecule has 26 nitrogen and oxygen atoms in total. The first kappa shape index (κ1) is 60.5. The molecule has 0 radical (unpaired) electrons. The molecule has 0 saturated carbocycles. The van der Waals surface area contributed by atoms with E-state index in [0.29, 0.717) is 6.42 Å². The van der Waals surface area contributed by atoms with Crippen molar-refractivity contribution in [2.45, 2.75) is 136 Å². The van der Waals surface area contributed by atoms with Crippen molar-refractivity contribution in [1.29, 1.82) is 0 Å². The zero-order valence-corrected chi connectivity index (χ0v) is 43.5. The van der Waals surface area contributed by atoms with Crippen LogP contribution in [0.5, 0.6) is 0 Å². The van der Waals surface area contributed by atoms with Gasteiger partial charge in [0.2, 0.25) is 11.8 Å². The molecule has 7 atom stereocenters. The highest BCUT2D eigenvalue weighted by Crippen LogP contribution is 2.56. The molecule has 1 aliphatic heterocycles. The molecule has 2 amide bonds. The minimum atomic E-state index is -5.94. The fourth-order valence-corrected chi connectivity index (χ4v) is 10.7. The minimum absolute atomic E-state index is 0.0278. The smallest absolute Gasteiger partial charge is 0.303 e. The standard InChI is InChI=1S/C43H68N7O19P3/c1-41(2,16-8-12-27-10-7-11-28(20-27)13-9-17-42(3,4)22-32(53)54)21-29(51)14-18-45-31(52)15-19-46-39(57)36(56)43(5,6)24-66-72(63,64)69-71(61,62)65-23-30-35(68-70(58,59)60)34(55)40(67-30)50-26-49-33-37(44)47-25-48-38(33)50/h7,10-11,20,25-26,30,34-36,40,55-56H,8-9,12-19,21-24H2,1-6H3,(H,45,52)(H,46,57)(H,53,54)(H,61,62)(H,63,64)(H2,44,47,48)(H2,58,59,60)/p-4. The molecule has 1 fully saturated rings. The highest BCUT2D eigenvalue weighted by Gasteiger charge is 2.47. The third kappa shape index (κ3) is 19.6. The molecule has 7 unspecified atom stereocenters. The number of aryl methyl sites for hydroxylation is 2. The predicted octanol–water partition coefficient (Wildman–Crippen LogP) is 1.10. The number of hydrogen-bond acceptors (Lipinski definition) is 22. The maximum absolute atomic E-state index is 12.8. The number of nitrogen functional groups attached to an aromatic ring is 1. The molecule has 1 aromatic carbocycles. The highest BCUT2D eigenvalue weighted by molar-refractivity contribution is 7.59. The average Bonchev–Trinajstić information content (AvgIpc) is 3.81. The van der Waals surface area contributed by atoms with Gasteiger partial charge in [-0.1, -0.05) is 65.8 Å². The van der Waals surface area contributed by atoms with Crippen molar-refractivity contribution in [1.82, 2.24) is 30.2 Å². The van der Waals surface area contributed by atoms with Crippen LogP contribution >= 0.6 is 23.5 Å². The lowest BCUT2D eigenvalue weighted by Crippen LogP contribution is -2.46. The van der Waals surface area contributed by atoms with Crippen molar-refractivity contribution in [2.24, 2.45) is 16.2 Å². The van der Waals surface area contributed by atoms with Crippen molar-refractivity contribution in [3.8, 4) is 0 Å². The summed E-state index contributed by atoms with van der Waals surface area (Å²) < 4.78 is 61.0. The molecule has 7 N–H and O–H groups in total. The number of phosphoric acid groups is 3. The maximum atomic E-state index is 12.8. The van der Waals surface area contributed by atoms with Crippen LogP contribution in [0.25, 0.3) is 11.2 Å². The number of aliphatic hydroxyl groups excluding tert-OH is 2. The van der Waals surface area contributed by atoms with Gasteiger partial charge in [0, 0.05) is 37.8 Å². The summed E-state index contributed by atoms with van der Waals surface area (Å²) in [5.41, 5.74) is 5.89. The molecule has 29 heteroatoms. The first-order valence-electron chi connectivity index (χ1n) is 22.9. The number of benzene rings is 1. The normalized spacial score (nSPS) is 19.9. The summed E-state index contributed by atoms with van der Waals surface area (Å²) >= 11 is 0. The van der Waals surface area contributed by atoms with Gasteiger partial charge in [0.25, 0.3) is 15.6 Å². The van der Waals surface area contributed by atoms with Crippen molar-refractivity contribution in [3.05, 3.63) is 48.0 Å². The quantitative estimate of drug-likeness (QED) is 0.0491. The number of carbonyl (C=O) groups is 4. The average molecular weight is 1080 g/mol. The number of aliphatic carboxylic acids is 1. The fraction of sp³-hybridized carbons (Fsp3) is 0.651. The van der Waals surface area contributed by atoms with E-state index in [1.807, 2.05) is 33.8 Å². The number of anilines is 1. The molecule has 404 valence electrons. The second-order valence-corrected chi connectivity index (χ2v) is 23.9. The number of ether oxygens (including phenoxy) is 1. The Morgan fingerprint density at radius 1 is 0.875 bits per heavy atom. The van der Waals surface area contributed by atoms with Gasteiger partial charge in [0.05, 0.1) is 33.8 Å². The SMILES string of the molecule is CC(C)(CCCc1cccc(CCCC(C)(C)CC(=O)CCNC(=O)CCNC(=O)C(O)C(C)(C)COP(=O)([O-])OP(=O)([O-])OCC2OC(n3cnc4c(N)ncnc43)C(O)C2OP(=O)([O-])[O-])c1)CC(=O)O. The van der Waals surface area contributed by atoms with Crippen molar-refractivity contribution in [3.63, 3.8) is 0 Å². The summed E-state index contributed by atoms with van der Waals surface area (Å²) in [6, 6.07) is 8.34. The summed E-state index contributed by atoms with van der Waals surface area (Å²) in [4.78, 5) is 109. The third-order valence-corrected chi connectivity index (χ3v) is 14.7. The predicted molar refractivity (Wildman–Crippen MR) is 247 cm³/mol. The van der Waals surface area contributed by atoms with Crippen molar-refractivity contribution in [2.75, 3.05) is 32.0 Å². The van der Waals surface area contributed by atoms with E-state index in [-0.39, 0.29) is 65.9 Å². The number of hydrogen-bond donors (Lipinski definition) is 6. The zero-order chi connectivity index (χ0) is 53.9. The van der Waals surface area contributed by atoms with Gasteiger partial charge in [0.1, 0.15) is 42.0 Å². The Morgan fingerprint density at radius 2 is 1.47 bits per heavy atom. The van der Waals surface area contributed by atoms with Gasteiger partial charge in [-0.25, -0.2) is 19.3 Å². The summed E-state index contributed by atoms with van der Waals surface area (Å²) in [7, 11) is -17.7. The summed E-state index contributed by atoms with van der Waals surface area (Å²) in [6.45, 7) is 7.85. The van der Waals surface area contributed by atoms with Crippen LogP contribution in [0.4, 0.5) is 5.82 Å². The van der Waals surface area contributed by atoms with E-state index in [4.69, 9.17) is 15.6 Å². The molecular weight excluding hydrogens is 1010 g/mol. The zero-order valence-electron chi connectivity index (χ0n) is 40.8. The lowest BCUT2D eigenvalue weighted by Gasteiger charge is -2.36. The largest absolute Gasteiger partial charge is 0.790 e. The molecular formula is C43H64N7O19P3-4. The molecule has 3 heterocycles. The fourth-order valence-electron chi connectivity index (χ4n) is 7.95. The van der Waals surface area contributed by atoms with Crippen LogP contribution in [0.15, 0.2) is 36.9 Å². The van der Waals surface area contributed by atoms with Crippen LogP contribution in [0.2, 0.25) is 0 Å². The molecule has 1 saturated heterocycles. The third-order valence-electron chi connectivity index (χ3n) is 11.7. The van der Waals surface area contributed by atoms with Crippen LogP contribution in [-0.4, -0.2) is 109 Å². The number of nitrogens with one attached hydrogen (secondary N) is 2. The minimum Gasteiger partial charge on any atom is -0.790 e. The van der Waals surface area contributed by atoms with Gasteiger partial charge >= 0.3 is 5.97 Å². The van der Waals surface area contributed by atoms with Gasteiger partial charge in [-0.2, -0.15) is 0 Å². The summed E-state index contributed by atoms with van der Waals surface area (Å²) in [5.74, 6) is -2.45. The number of imidazole rings is 1. The number of carboxylic acid groups (broad SMARTS) is 1. The van der Waals surface area contributed by atoms with Gasteiger partial charge in [0.15, 0.2) is 17.7 Å². The Hall–Kier alpha value is -4.10. The van der Waals surface area contributed by atoms with E-state index in [9.17, 15) is 62.7 Å². The number of carboxylic acids is 1. The maximum Gasteiger partial charge on any atom is 0.303 e. The topological polar surface area (TPSA) is 412 Å². The van der Waals surface area contributed by atoms with E-state index < -0.39 is 90.5 Å². The number of fused-ring (bicyclic) bond motifs is 1. The van der Waals surface area contributed by atoms with E-state index in [0.717, 1.165) is 55.7 Å². The molecule has 1 aliphatic rings. The molecule has 0 aliphatic carbocycles. The second kappa shape index (κ2) is 25.4. The lowest BCUT2D eigenvalue weighted by molar-refractivity contribution is -0.347. The van der Waals surface area contributed by atoms with Gasteiger partial charge in [-0.05, 0) is 60.5 Å². The number of Topliss-reactive ketones (excluding diaryl/α,β-unsaturated/α-hetero) is 1. The Balaban J connectivity index is 1.14. The van der Waals surface area contributed by atoms with E-state index in [1.54, 1.807) is 0 Å². The first-order valence-corrected chi connectivity index (χ1v) is 27.3. The van der Waals surface area contributed by atoms with E-state index >= 15 is 0 Å². The lowest BCUT2D eigenvalue weighted by atomic mass is 9.81. The molecule has 0 bridgehead atoms. The monoisotopic (exact) mass is 1080 g/mol. The van der Waals surface area contributed by atoms with Crippen molar-refractivity contribution < 1.29 is 90.4 Å². The molecule has 0 spiro atoms. The second-order valence-electron chi connectivity index (χ2n) is 19.9. The number of nitrogens with zero attached hydrogens (tertiary/aromatic N) is 4. The Bertz CT molecular complexity index is 2500. The van der Waals surface area contributed by atoms with Gasteiger partial charge in [-0.3, -0.25) is 32.9 Å².